The molecule has 0 saturated carbocycles. The van der Waals surface area contributed by atoms with Gasteiger partial charge in [0.05, 0.1) is 39.9 Å². The Kier molecular flexibility index (Phi) is 27.6. The topological polar surface area (TPSA) is 164 Å². The predicted molar refractivity (Wildman–Crippen MR) is 504 cm³/mol. The largest absolute Gasteiger partial charge is 0.361 e. The minimum atomic E-state index is 0.321. The maximum atomic E-state index is 5.63. The summed E-state index contributed by atoms with van der Waals surface area (Å²) in [6.45, 7) is 68.1. The first-order chi connectivity index (χ1) is 58.9. The van der Waals surface area contributed by atoms with Crippen LogP contribution in [0.1, 0.15) is 351 Å². The fourth-order valence-electron chi connectivity index (χ4n) is 27.0. The molecule has 124 heavy (non-hydrogen) atoms. The van der Waals surface area contributed by atoms with Crippen molar-refractivity contribution in [2.24, 2.45) is 28.2 Å². The van der Waals surface area contributed by atoms with Crippen LogP contribution in [0.2, 0.25) is 0 Å². The van der Waals surface area contributed by atoms with Crippen LogP contribution in [-0.4, -0.2) is 227 Å². The smallest absolute Gasteiger partial charge is 0.146 e. The van der Waals surface area contributed by atoms with E-state index < -0.39 is 0 Å². The van der Waals surface area contributed by atoms with Gasteiger partial charge < -0.3 is 43.3 Å². The molecule has 15 heterocycles. The molecular formula is C103H169N19O2. The van der Waals surface area contributed by atoms with Crippen molar-refractivity contribution in [3.63, 3.8) is 0 Å². The lowest BCUT2D eigenvalue weighted by Crippen LogP contribution is -2.45. The van der Waals surface area contributed by atoms with Crippen LogP contribution < -0.4 is 0 Å². The van der Waals surface area contributed by atoms with Gasteiger partial charge in [-0.1, -0.05) is 10.3 Å². The quantitative estimate of drug-likeness (QED) is 0.148. The zero-order chi connectivity index (χ0) is 88.7. The molecule has 0 N–H and O–H groups in total. The predicted octanol–water partition coefficient (Wildman–Crippen LogP) is 17.7. The number of piperidine rings is 7. The van der Waals surface area contributed by atoms with Gasteiger partial charge in [0.2, 0.25) is 0 Å². The van der Waals surface area contributed by atoms with E-state index >= 15 is 0 Å². The lowest BCUT2D eigenvalue weighted by Gasteiger charge is -2.41. The van der Waals surface area contributed by atoms with E-state index in [9.17, 15) is 0 Å². The molecule has 0 aromatic carbocycles. The van der Waals surface area contributed by atoms with E-state index in [1.165, 1.54) is 339 Å². The lowest BCUT2D eigenvalue weighted by molar-refractivity contribution is 0.112. The first-order valence-electron chi connectivity index (χ1n) is 50.2. The molecule has 6 aliphatic carbocycles. The summed E-state index contributed by atoms with van der Waals surface area (Å²) < 4.78 is 21.7. The molecule has 7 aromatic heterocycles. The van der Waals surface area contributed by atoms with Crippen LogP contribution in [0.15, 0.2) is 9.05 Å². The highest BCUT2D eigenvalue weighted by Crippen LogP contribution is 2.54. The Balaban J connectivity index is 0.000000112. The Morgan fingerprint density at radius 2 is 0.637 bits per heavy atom. The fraction of sp³-hybridized carbons (Fsp3) is 0.796. The Morgan fingerprint density at radius 1 is 0.266 bits per heavy atom. The zero-order valence-electron chi connectivity index (χ0n) is 83.1. The second-order valence-electron chi connectivity index (χ2n) is 44.2. The van der Waals surface area contributed by atoms with Crippen molar-refractivity contribution < 1.29 is 9.05 Å². The lowest BCUT2D eigenvalue weighted by atomic mass is 9.73. The summed E-state index contributed by atoms with van der Waals surface area (Å²) in [4.78, 5) is 18.2. The van der Waals surface area contributed by atoms with E-state index in [0.29, 0.717) is 80.2 Å². The molecule has 7 aromatic rings. The molecule has 0 amide bonds. The van der Waals surface area contributed by atoms with Crippen LogP contribution in [-0.2, 0) is 111 Å². The number of rotatable bonds is 7. The van der Waals surface area contributed by atoms with E-state index in [0.717, 1.165) is 18.0 Å². The van der Waals surface area contributed by atoms with E-state index in [1.54, 1.807) is 33.6 Å². The van der Waals surface area contributed by atoms with E-state index in [4.69, 9.17) is 24.3 Å². The first kappa shape index (κ1) is 92.9. The van der Waals surface area contributed by atoms with Crippen LogP contribution in [0.3, 0.4) is 0 Å². The van der Waals surface area contributed by atoms with Crippen molar-refractivity contribution in [3.8, 4) is 0 Å². The Hall–Kier alpha value is -5.81. The fourth-order valence-corrected chi connectivity index (χ4v) is 27.0. The van der Waals surface area contributed by atoms with Gasteiger partial charge in [-0.05, 0) is 434 Å². The van der Waals surface area contributed by atoms with Crippen molar-refractivity contribution in [2.75, 3.05) is 91.6 Å². The van der Waals surface area contributed by atoms with E-state index in [-0.39, 0.29) is 0 Å². The van der Waals surface area contributed by atoms with E-state index in [1.807, 2.05) is 6.92 Å². The number of hydrogen-bond donors (Lipinski definition) is 0. The third kappa shape index (κ3) is 17.6. The number of likely N-dealkylation sites (tertiary alicyclic amines) is 7. The summed E-state index contributed by atoms with van der Waals surface area (Å²) in [6, 6.07) is 4.80. The molecule has 7 saturated heterocycles. The number of hydrogen-bond acceptors (Lipinski definition) is 16. The van der Waals surface area contributed by atoms with Gasteiger partial charge >= 0.3 is 0 Å². The van der Waals surface area contributed by atoms with Crippen molar-refractivity contribution in [1.29, 1.82) is 0 Å². The molecule has 8 aliphatic heterocycles. The van der Waals surface area contributed by atoms with Crippen LogP contribution in [0, 0.1) is 55.4 Å². The standard InChI is InChI=1S/5C15H25N3.2C14H22N2O/c1-11(2)17-8-5-15(6-9-17)7-10-18-14(15)12(3)13(4)16-18;1-11(2)18-9-7-15(8-10-18)6-5-13-14(15)12(3)17(4)16-13;1-11(2)18-9-7-15(8-10-18)6-5-13-14(15)12(3)16-17(13)4;1-11(2)18-9-7-15(8-10-18)6-5-13-12(3)17(4)16-14(13)15;1-11(2)18-9-7-15(8-10-18)6-5-13-12(3)16-17(4)14(13)15;1-10(2)16-8-6-14(7-9-16)5-4-12-11(3)17-15-13(12)14;1-10(2)16-8-6-14(7-9-16)5-4-12-11(3)15-17-13(12)14/h5*11H,5-10H2,1-4H3;2*10H,4-9H2,1-3H3. The third-order valence-electron chi connectivity index (χ3n) is 35.8. The van der Waals surface area contributed by atoms with E-state index in [2.05, 4.69) is 252 Å². The van der Waals surface area contributed by atoms with Crippen LogP contribution in [0.25, 0.3) is 0 Å². The summed E-state index contributed by atoms with van der Waals surface area (Å²) in [7, 11) is 8.41. The van der Waals surface area contributed by atoms with Gasteiger partial charge in [-0.2, -0.15) is 25.5 Å². The minimum Gasteiger partial charge on any atom is -0.361 e. The normalized spacial score (nSPS) is 23.1. The number of fused-ring (bicyclic) bond motifs is 14. The maximum absolute atomic E-state index is 5.63. The molecule has 688 valence electrons. The summed E-state index contributed by atoms with van der Waals surface area (Å²) >= 11 is 0. The molecule has 14 aliphatic rings. The van der Waals surface area contributed by atoms with Gasteiger partial charge in [0, 0.05) is 166 Å². The highest BCUT2D eigenvalue weighted by atomic mass is 16.5. The molecule has 7 fully saturated rings. The van der Waals surface area contributed by atoms with Crippen molar-refractivity contribution in [2.45, 2.75) is 412 Å². The van der Waals surface area contributed by atoms with Crippen molar-refractivity contribution in [1.82, 2.24) is 93.5 Å². The van der Waals surface area contributed by atoms with Gasteiger partial charge in [-0.3, -0.25) is 23.4 Å². The molecule has 21 nitrogen and oxygen atoms in total. The SMILES string of the molecule is Cc1c2c(nn1C)C1(CC2)CCN(C(C)C)CC1.Cc1c2c(nn1C)CCC21CCN(C(C)C)CC1.Cc1nn(C)c2c1C1(CC2)CCN(C(C)C)CC1.Cc1nn(C)c2c1CCC21CCN(C(C)C)CC1.Cc1nn2c(c1C)C1(CCN(C(C)C)CC1)CC2.Cc1noc2c1CCC21CCN(C(C)C)CC1.Cc1onc2c1CCC21CCN(C(C)C)CC1. The molecule has 21 rings (SSSR count). The minimum absolute atomic E-state index is 0.321. The van der Waals surface area contributed by atoms with Crippen molar-refractivity contribution in [3.05, 3.63) is 119 Å². The van der Waals surface area contributed by atoms with Crippen LogP contribution >= 0.6 is 0 Å². The molecule has 0 radical (unpaired) electrons. The number of nitrogens with zero attached hydrogens (tertiary/aromatic N) is 19. The Labute approximate surface area is 749 Å². The number of aryl methyl sites for hydroxylation is 11. The molecule has 0 unspecified atom stereocenters. The zero-order valence-corrected chi connectivity index (χ0v) is 83.1. The Morgan fingerprint density at radius 3 is 1.13 bits per heavy atom. The van der Waals surface area contributed by atoms with Gasteiger partial charge in [-0.25, -0.2) is 0 Å². The second-order valence-corrected chi connectivity index (χ2v) is 44.2. The first-order valence-corrected chi connectivity index (χ1v) is 50.2. The molecular weight excluding hydrogens is 1540 g/mol. The molecule has 21 heteroatoms. The summed E-state index contributed by atoms with van der Waals surface area (Å²) in [5, 5.41) is 32.0. The van der Waals surface area contributed by atoms with Gasteiger partial charge in [0.15, 0.2) is 0 Å². The summed E-state index contributed by atoms with van der Waals surface area (Å²) in [5.41, 5.74) is 29.9. The monoisotopic (exact) mass is 1700 g/mol. The second kappa shape index (κ2) is 36.9. The highest BCUT2D eigenvalue weighted by Gasteiger charge is 2.52. The summed E-state index contributed by atoms with van der Waals surface area (Å²) in [5.74, 6) is 2.27. The third-order valence-corrected chi connectivity index (χ3v) is 35.8. The Bertz CT molecular complexity index is 4440. The molecule has 7 spiro atoms. The van der Waals surface area contributed by atoms with Gasteiger partial charge in [0.25, 0.3) is 0 Å². The molecule has 0 bridgehead atoms. The summed E-state index contributed by atoms with van der Waals surface area (Å²) in [6.07, 6.45) is 34.6. The van der Waals surface area contributed by atoms with Gasteiger partial charge in [0.1, 0.15) is 11.5 Å². The van der Waals surface area contributed by atoms with Crippen LogP contribution in [0.5, 0.6) is 0 Å². The van der Waals surface area contributed by atoms with Gasteiger partial charge in [-0.15, -0.1) is 0 Å². The van der Waals surface area contributed by atoms with Crippen LogP contribution in [0.4, 0.5) is 0 Å². The average molecular weight is 1710 g/mol. The average Bonchev–Trinajstić information content (AvgIpc) is 1.60. The van der Waals surface area contributed by atoms with Crippen molar-refractivity contribution >= 4 is 0 Å². The molecule has 0 atom stereocenters. The highest BCUT2D eigenvalue weighted by molar-refractivity contribution is 5.44. The maximum Gasteiger partial charge on any atom is 0.146 e. The number of aromatic nitrogens is 12.